The highest BCUT2D eigenvalue weighted by atomic mass is 32.2. The Hall–Kier alpha value is -2.28. The minimum atomic E-state index is -0.651. The number of hydrogen-bond acceptors (Lipinski definition) is 5. The Labute approximate surface area is 169 Å². The number of nitrogens with one attached hydrogen (secondary N) is 1. The second kappa shape index (κ2) is 7.28. The molecule has 1 aromatic carbocycles. The van der Waals surface area contributed by atoms with Crippen LogP contribution in [0.2, 0.25) is 0 Å². The Morgan fingerprint density at radius 3 is 2.46 bits per heavy atom. The molecule has 0 radical (unpaired) electrons. The number of ether oxygens (including phenoxy) is 1. The summed E-state index contributed by atoms with van der Waals surface area (Å²) in [6.07, 6.45) is 1.27. The van der Waals surface area contributed by atoms with Gasteiger partial charge in [-0.05, 0) is 51.8 Å². The molecular formula is C21H26N2O4S. The standard InChI is InChI=1S/C21H26N2O4S/c1-13(24)28-16-7-6-14-10-15(12-22-18(25)21(5)8-9-21)23(17(14)11-16)19(26)27-20(2,3)4/h6-7,10-11H,8-9,12H2,1-5H3,(H,22,25). The molecule has 0 aliphatic heterocycles. The fourth-order valence-corrected chi connectivity index (χ4v) is 3.56. The lowest BCUT2D eigenvalue weighted by atomic mass is 10.1. The maximum Gasteiger partial charge on any atom is 0.419 e. The number of thioether (sulfide) groups is 1. The van der Waals surface area contributed by atoms with Gasteiger partial charge in [0, 0.05) is 28.3 Å². The first kappa shape index (κ1) is 20.5. The van der Waals surface area contributed by atoms with Crippen molar-refractivity contribution in [1.29, 1.82) is 0 Å². The predicted molar refractivity (Wildman–Crippen MR) is 109 cm³/mol. The fourth-order valence-electron chi connectivity index (χ4n) is 2.92. The number of carbonyl (C=O) groups excluding carboxylic acids is 3. The molecule has 1 heterocycles. The first-order chi connectivity index (χ1) is 13.0. The third-order valence-corrected chi connectivity index (χ3v) is 5.45. The van der Waals surface area contributed by atoms with Crippen molar-refractivity contribution in [3.63, 3.8) is 0 Å². The normalized spacial score (nSPS) is 15.3. The van der Waals surface area contributed by atoms with Crippen molar-refractivity contribution < 1.29 is 19.1 Å². The monoisotopic (exact) mass is 402 g/mol. The fraction of sp³-hybridized carbons (Fsp3) is 0.476. The third-order valence-electron chi connectivity index (χ3n) is 4.67. The number of benzene rings is 1. The molecule has 1 aliphatic carbocycles. The summed E-state index contributed by atoms with van der Waals surface area (Å²) in [5.41, 5.74) is 0.365. The molecule has 1 aliphatic rings. The van der Waals surface area contributed by atoms with Gasteiger partial charge in [-0.3, -0.25) is 9.59 Å². The van der Waals surface area contributed by atoms with E-state index in [0.717, 1.165) is 34.9 Å². The first-order valence-corrected chi connectivity index (χ1v) is 10.1. The Bertz CT molecular complexity index is 951. The number of hydrogen-bond donors (Lipinski definition) is 1. The molecule has 0 unspecified atom stereocenters. The summed E-state index contributed by atoms with van der Waals surface area (Å²) >= 11 is 1.11. The Kier molecular flexibility index (Phi) is 5.32. The molecule has 3 rings (SSSR count). The van der Waals surface area contributed by atoms with Crippen LogP contribution in [0, 0.1) is 5.41 Å². The van der Waals surface area contributed by atoms with Crippen molar-refractivity contribution in [2.45, 2.75) is 64.5 Å². The Morgan fingerprint density at radius 1 is 1.21 bits per heavy atom. The number of nitrogens with zero attached hydrogens (tertiary/aromatic N) is 1. The van der Waals surface area contributed by atoms with E-state index in [-0.39, 0.29) is 23.0 Å². The maximum atomic E-state index is 12.9. The van der Waals surface area contributed by atoms with Gasteiger partial charge in [0.2, 0.25) is 5.91 Å². The minimum Gasteiger partial charge on any atom is -0.443 e. The van der Waals surface area contributed by atoms with Crippen molar-refractivity contribution in [3.8, 4) is 0 Å². The van der Waals surface area contributed by atoms with E-state index in [9.17, 15) is 14.4 Å². The van der Waals surface area contributed by atoms with E-state index in [4.69, 9.17) is 4.74 Å². The largest absolute Gasteiger partial charge is 0.443 e. The molecule has 1 saturated carbocycles. The molecule has 1 amide bonds. The number of amides is 1. The quantitative estimate of drug-likeness (QED) is 0.763. The zero-order chi connectivity index (χ0) is 20.7. The van der Waals surface area contributed by atoms with Crippen LogP contribution in [-0.2, 0) is 20.9 Å². The van der Waals surface area contributed by atoms with Gasteiger partial charge in [-0.2, -0.15) is 0 Å². The number of fused-ring (bicyclic) bond motifs is 1. The summed E-state index contributed by atoms with van der Waals surface area (Å²) < 4.78 is 7.06. The number of aromatic nitrogens is 1. The Balaban J connectivity index is 1.97. The van der Waals surface area contributed by atoms with Crippen LogP contribution >= 0.6 is 11.8 Å². The van der Waals surface area contributed by atoms with E-state index in [2.05, 4.69) is 5.32 Å². The summed E-state index contributed by atoms with van der Waals surface area (Å²) in [6.45, 7) is 9.10. The van der Waals surface area contributed by atoms with Gasteiger partial charge in [-0.25, -0.2) is 9.36 Å². The molecule has 1 N–H and O–H groups in total. The summed E-state index contributed by atoms with van der Waals surface area (Å²) in [5, 5.41) is 3.76. The summed E-state index contributed by atoms with van der Waals surface area (Å²) in [5.74, 6) is 0.00122. The van der Waals surface area contributed by atoms with Crippen LogP contribution < -0.4 is 5.32 Å². The molecule has 6 nitrogen and oxygen atoms in total. The molecule has 0 saturated heterocycles. The van der Waals surface area contributed by atoms with Crippen molar-refractivity contribution in [3.05, 3.63) is 30.0 Å². The minimum absolute atomic E-state index is 0.00122. The van der Waals surface area contributed by atoms with Gasteiger partial charge in [0.25, 0.3) is 0 Å². The van der Waals surface area contributed by atoms with Gasteiger partial charge in [0.15, 0.2) is 5.12 Å². The van der Waals surface area contributed by atoms with Crippen LogP contribution in [0.4, 0.5) is 4.79 Å². The average Bonchev–Trinajstić information content (AvgIpc) is 3.20. The smallest absolute Gasteiger partial charge is 0.419 e. The van der Waals surface area contributed by atoms with Gasteiger partial charge >= 0.3 is 6.09 Å². The number of rotatable bonds is 4. The van der Waals surface area contributed by atoms with E-state index in [1.54, 1.807) is 6.07 Å². The molecule has 7 heteroatoms. The van der Waals surface area contributed by atoms with E-state index >= 15 is 0 Å². The SMILES string of the molecule is CC(=O)Sc1ccc2cc(CNC(=O)C3(C)CC3)n(C(=O)OC(C)(C)C)c2c1. The molecule has 150 valence electrons. The lowest BCUT2D eigenvalue weighted by Crippen LogP contribution is -2.32. The summed E-state index contributed by atoms with van der Waals surface area (Å²) in [7, 11) is 0. The van der Waals surface area contributed by atoms with Gasteiger partial charge in [0.1, 0.15) is 5.60 Å². The van der Waals surface area contributed by atoms with E-state index in [0.29, 0.717) is 11.2 Å². The summed E-state index contributed by atoms with van der Waals surface area (Å²) in [6, 6.07) is 7.40. The maximum absolute atomic E-state index is 12.9. The molecule has 0 atom stereocenters. The van der Waals surface area contributed by atoms with Crippen molar-refractivity contribution in [2.75, 3.05) is 0 Å². The lowest BCUT2D eigenvalue weighted by Gasteiger charge is -2.21. The molecule has 1 fully saturated rings. The van der Waals surface area contributed by atoms with Crippen molar-refractivity contribution in [1.82, 2.24) is 9.88 Å². The van der Waals surface area contributed by atoms with E-state index in [1.807, 2.05) is 45.9 Å². The topological polar surface area (TPSA) is 77.4 Å². The van der Waals surface area contributed by atoms with Crippen LogP contribution in [-0.4, -0.2) is 27.3 Å². The molecule has 2 aromatic rings. The zero-order valence-electron chi connectivity index (χ0n) is 16.9. The van der Waals surface area contributed by atoms with Crippen LogP contribution in [0.1, 0.15) is 53.2 Å². The van der Waals surface area contributed by atoms with Gasteiger partial charge in [0.05, 0.1) is 12.1 Å². The van der Waals surface area contributed by atoms with E-state index < -0.39 is 11.7 Å². The number of carbonyl (C=O) groups is 3. The van der Waals surface area contributed by atoms with Gasteiger partial charge < -0.3 is 10.1 Å². The predicted octanol–water partition coefficient (Wildman–Crippen LogP) is 4.48. The lowest BCUT2D eigenvalue weighted by molar-refractivity contribution is -0.125. The molecule has 28 heavy (non-hydrogen) atoms. The van der Waals surface area contributed by atoms with Crippen LogP contribution in [0.3, 0.4) is 0 Å². The summed E-state index contributed by atoms with van der Waals surface area (Å²) in [4.78, 5) is 37.4. The second-order valence-corrected chi connectivity index (χ2v) is 9.76. The van der Waals surface area contributed by atoms with Crippen LogP contribution in [0.5, 0.6) is 0 Å². The molecule has 0 bridgehead atoms. The second-order valence-electron chi connectivity index (χ2n) is 8.51. The highest BCUT2D eigenvalue weighted by molar-refractivity contribution is 8.13. The molecule has 0 spiro atoms. The van der Waals surface area contributed by atoms with Gasteiger partial charge in [-0.15, -0.1) is 0 Å². The van der Waals surface area contributed by atoms with Crippen LogP contribution in [0.15, 0.2) is 29.2 Å². The highest BCUT2D eigenvalue weighted by Crippen LogP contribution is 2.45. The van der Waals surface area contributed by atoms with Crippen molar-refractivity contribution >= 4 is 39.8 Å². The molecule has 1 aromatic heterocycles. The third kappa shape index (κ3) is 4.58. The zero-order valence-corrected chi connectivity index (χ0v) is 17.7. The Morgan fingerprint density at radius 2 is 1.89 bits per heavy atom. The van der Waals surface area contributed by atoms with E-state index in [1.165, 1.54) is 11.5 Å². The van der Waals surface area contributed by atoms with Crippen molar-refractivity contribution in [2.24, 2.45) is 5.41 Å². The highest BCUT2D eigenvalue weighted by Gasteiger charge is 2.44. The van der Waals surface area contributed by atoms with Crippen LogP contribution in [0.25, 0.3) is 10.9 Å². The molecular weight excluding hydrogens is 376 g/mol. The first-order valence-electron chi connectivity index (χ1n) is 9.33. The average molecular weight is 403 g/mol. The van der Waals surface area contributed by atoms with Gasteiger partial charge in [-0.1, -0.05) is 24.8 Å².